The number of para-hydroxylation sites is 3. The second kappa shape index (κ2) is 12.0. The van der Waals surface area contributed by atoms with Gasteiger partial charge in [-0.15, -0.1) is 0 Å². The molecule has 0 unspecified atom stereocenters. The molecule has 0 saturated heterocycles. The Hall–Kier alpha value is -5.37. The predicted octanol–water partition coefficient (Wildman–Crippen LogP) is 4.83. The SMILES string of the molecule is O=C(CN1C(=O)[C@@H](NC(=O)c2cc3ccccc3[nH]2)[C@@H](c2ccccc2)Nc2ccccc21)NCCc1ccccc1. The number of aromatic amines is 1. The summed E-state index contributed by atoms with van der Waals surface area (Å²) in [4.78, 5) is 45.7. The maximum Gasteiger partial charge on any atom is 0.268 e. The summed E-state index contributed by atoms with van der Waals surface area (Å²) < 4.78 is 0. The number of nitrogens with zero attached hydrogens (tertiary/aromatic N) is 1. The number of rotatable bonds is 8. The molecule has 8 heteroatoms. The fourth-order valence-electron chi connectivity index (χ4n) is 5.36. The molecule has 8 nitrogen and oxygen atoms in total. The highest BCUT2D eigenvalue weighted by Gasteiger charge is 2.39. The number of nitrogens with one attached hydrogen (secondary N) is 4. The molecule has 2 atom stereocenters. The zero-order valence-electron chi connectivity index (χ0n) is 22.9. The molecule has 4 aromatic carbocycles. The summed E-state index contributed by atoms with van der Waals surface area (Å²) in [5, 5.41) is 10.3. The van der Waals surface area contributed by atoms with E-state index in [2.05, 4.69) is 20.9 Å². The molecule has 210 valence electrons. The largest absolute Gasteiger partial charge is 0.374 e. The van der Waals surface area contributed by atoms with Gasteiger partial charge in [0.25, 0.3) is 11.8 Å². The van der Waals surface area contributed by atoms with Gasteiger partial charge in [-0.3, -0.25) is 19.3 Å². The number of hydrogen-bond donors (Lipinski definition) is 4. The van der Waals surface area contributed by atoms with Gasteiger partial charge in [-0.1, -0.05) is 91.0 Å². The number of carbonyl (C=O) groups excluding carboxylic acids is 3. The van der Waals surface area contributed by atoms with Gasteiger partial charge < -0.3 is 20.9 Å². The van der Waals surface area contributed by atoms with Gasteiger partial charge in [-0.05, 0) is 41.8 Å². The number of anilines is 2. The third kappa shape index (κ3) is 5.74. The molecule has 4 N–H and O–H groups in total. The maximum atomic E-state index is 14.3. The Morgan fingerprint density at radius 3 is 2.29 bits per heavy atom. The summed E-state index contributed by atoms with van der Waals surface area (Å²) in [6.45, 7) is 0.255. The first-order valence-corrected chi connectivity index (χ1v) is 14.0. The van der Waals surface area contributed by atoms with Gasteiger partial charge in [0.05, 0.1) is 17.4 Å². The fraction of sp³-hybridized carbons (Fsp3) is 0.147. The minimum absolute atomic E-state index is 0.188. The lowest BCUT2D eigenvalue weighted by Crippen LogP contribution is -2.53. The Morgan fingerprint density at radius 1 is 0.810 bits per heavy atom. The maximum absolute atomic E-state index is 14.3. The fourth-order valence-corrected chi connectivity index (χ4v) is 5.36. The summed E-state index contributed by atoms with van der Waals surface area (Å²) in [5.74, 6) is -1.08. The molecule has 0 spiro atoms. The molecule has 0 radical (unpaired) electrons. The van der Waals surface area contributed by atoms with Gasteiger partial charge in [0.1, 0.15) is 18.3 Å². The summed E-state index contributed by atoms with van der Waals surface area (Å²) in [5.41, 5.74) is 4.39. The Kier molecular flexibility index (Phi) is 7.68. The van der Waals surface area contributed by atoms with Crippen molar-refractivity contribution >= 4 is 40.0 Å². The highest BCUT2D eigenvalue weighted by molar-refractivity contribution is 6.08. The molecule has 0 aliphatic carbocycles. The van der Waals surface area contributed by atoms with Crippen molar-refractivity contribution in [2.75, 3.05) is 23.3 Å². The van der Waals surface area contributed by atoms with Crippen molar-refractivity contribution < 1.29 is 14.4 Å². The van der Waals surface area contributed by atoms with Gasteiger partial charge in [0.2, 0.25) is 5.91 Å². The Labute approximate surface area is 243 Å². The molecule has 3 amide bonds. The van der Waals surface area contributed by atoms with E-state index in [9.17, 15) is 14.4 Å². The van der Waals surface area contributed by atoms with Crippen LogP contribution in [0.1, 0.15) is 27.7 Å². The third-order valence-electron chi connectivity index (χ3n) is 7.47. The van der Waals surface area contributed by atoms with Crippen LogP contribution < -0.4 is 20.9 Å². The standard InChI is InChI=1S/C34H31N5O3/c40-30(35-20-19-23-11-3-1-4-12-23)22-39-29-18-10-9-17-27(29)37-31(24-13-5-2-6-14-24)32(34(39)42)38-33(41)28-21-25-15-7-8-16-26(25)36-28/h1-18,21,31-32,36-37H,19-20,22H2,(H,35,40)(H,38,41)/t31-,32+/m1/s1. The summed E-state index contributed by atoms with van der Waals surface area (Å²) in [6, 6.07) is 34.6. The van der Waals surface area contributed by atoms with Gasteiger partial charge in [-0.25, -0.2) is 0 Å². The number of H-pyrrole nitrogens is 1. The van der Waals surface area contributed by atoms with Crippen LogP contribution in [0.4, 0.5) is 11.4 Å². The zero-order valence-corrected chi connectivity index (χ0v) is 22.9. The first-order chi connectivity index (χ1) is 20.6. The van der Waals surface area contributed by atoms with Gasteiger partial charge >= 0.3 is 0 Å². The van der Waals surface area contributed by atoms with Crippen molar-refractivity contribution in [3.05, 3.63) is 132 Å². The second-order valence-electron chi connectivity index (χ2n) is 10.3. The number of hydrogen-bond acceptors (Lipinski definition) is 4. The molecule has 5 aromatic rings. The Balaban J connectivity index is 1.29. The van der Waals surface area contributed by atoms with E-state index < -0.39 is 18.0 Å². The molecular weight excluding hydrogens is 526 g/mol. The summed E-state index contributed by atoms with van der Waals surface area (Å²) in [7, 11) is 0. The lowest BCUT2D eigenvalue weighted by atomic mass is 9.98. The minimum atomic E-state index is -1.00. The molecular formula is C34H31N5O3. The topological polar surface area (TPSA) is 106 Å². The van der Waals surface area contributed by atoms with Crippen molar-refractivity contribution in [3.8, 4) is 0 Å². The molecule has 6 rings (SSSR count). The van der Waals surface area contributed by atoms with Crippen molar-refractivity contribution in [2.45, 2.75) is 18.5 Å². The van der Waals surface area contributed by atoms with E-state index in [-0.39, 0.29) is 18.4 Å². The van der Waals surface area contributed by atoms with Crippen molar-refractivity contribution in [1.82, 2.24) is 15.6 Å². The molecule has 2 heterocycles. The average Bonchev–Trinajstić information content (AvgIpc) is 3.43. The van der Waals surface area contributed by atoms with Crippen LogP contribution in [0.25, 0.3) is 10.9 Å². The van der Waals surface area contributed by atoms with Crippen molar-refractivity contribution in [1.29, 1.82) is 0 Å². The van der Waals surface area contributed by atoms with Gasteiger partial charge in [-0.2, -0.15) is 0 Å². The Morgan fingerprint density at radius 2 is 1.50 bits per heavy atom. The van der Waals surface area contributed by atoms with Crippen LogP contribution in [0, 0.1) is 0 Å². The smallest absolute Gasteiger partial charge is 0.268 e. The number of amides is 3. The predicted molar refractivity (Wildman–Crippen MR) is 164 cm³/mol. The number of carbonyl (C=O) groups is 3. The highest BCUT2D eigenvalue weighted by atomic mass is 16.2. The first kappa shape index (κ1) is 26.8. The van der Waals surface area contributed by atoms with E-state index in [1.54, 1.807) is 12.1 Å². The van der Waals surface area contributed by atoms with Crippen LogP contribution in [0.2, 0.25) is 0 Å². The third-order valence-corrected chi connectivity index (χ3v) is 7.47. The first-order valence-electron chi connectivity index (χ1n) is 14.0. The molecule has 0 bridgehead atoms. The van der Waals surface area contributed by atoms with E-state index in [1.807, 2.05) is 103 Å². The van der Waals surface area contributed by atoms with Crippen LogP contribution in [0.3, 0.4) is 0 Å². The van der Waals surface area contributed by atoms with Crippen LogP contribution in [0.5, 0.6) is 0 Å². The lowest BCUT2D eigenvalue weighted by Gasteiger charge is -2.28. The van der Waals surface area contributed by atoms with E-state index in [0.29, 0.717) is 30.0 Å². The van der Waals surface area contributed by atoms with Crippen molar-refractivity contribution in [2.24, 2.45) is 0 Å². The number of fused-ring (bicyclic) bond motifs is 2. The molecule has 42 heavy (non-hydrogen) atoms. The van der Waals surface area contributed by atoms with E-state index in [1.165, 1.54) is 4.90 Å². The van der Waals surface area contributed by atoms with Crippen LogP contribution in [-0.4, -0.2) is 41.8 Å². The highest BCUT2D eigenvalue weighted by Crippen LogP contribution is 2.35. The molecule has 1 aliphatic heterocycles. The Bertz CT molecular complexity index is 1680. The van der Waals surface area contributed by atoms with Crippen LogP contribution in [0.15, 0.2) is 115 Å². The van der Waals surface area contributed by atoms with Crippen molar-refractivity contribution in [3.63, 3.8) is 0 Å². The lowest BCUT2D eigenvalue weighted by molar-refractivity contribution is -0.124. The van der Waals surface area contributed by atoms with Gasteiger partial charge in [0, 0.05) is 17.4 Å². The normalized spacial score (nSPS) is 16.3. The molecule has 0 fully saturated rings. The van der Waals surface area contributed by atoms with E-state index in [0.717, 1.165) is 22.0 Å². The van der Waals surface area contributed by atoms with Crippen LogP contribution >= 0.6 is 0 Å². The average molecular weight is 558 g/mol. The number of benzene rings is 4. The van der Waals surface area contributed by atoms with E-state index in [4.69, 9.17) is 0 Å². The quantitative estimate of drug-likeness (QED) is 0.219. The zero-order chi connectivity index (χ0) is 28.9. The summed E-state index contributed by atoms with van der Waals surface area (Å²) in [6.07, 6.45) is 0.679. The van der Waals surface area contributed by atoms with Crippen LogP contribution in [-0.2, 0) is 16.0 Å². The monoisotopic (exact) mass is 557 g/mol. The second-order valence-corrected chi connectivity index (χ2v) is 10.3. The van der Waals surface area contributed by atoms with Gasteiger partial charge in [0.15, 0.2) is 0 Å². The minimum Gasteiger partial charge on any atom is -0.374 e. The summed E-state index contributed by atoms with van der Waals surface area (Å²) >= 11 is 0. The molecule has 0 saturated carbocycles. The molecule has 1 aliphatic rings. The molecule has 1 aromatic heterocycles. The van der Waals surface area contributed by atoms with E-state index >= 15 is 0 Å². The number of aromatic nitrogens is 1.